The number of nitrogens with one attached hydrogen (secondary N) is 1. The Bertz CT molecular complexity index is 1090. The lowest BCUT2D eigenvalue weighted by Gasteiger charge is -2.05. The molecule has 0 saturated heterocycles. The smallest absolute Gasteiger partial charge is 0.450 e. The summed E-state index contributed by atoms with van der Waals surface area (Å²) >= 11 is 1.55. The molecule has 2 aromatic heterocycles. The Morgan fingerprint density at radius 1 is 1.21 bits per heavy atom. The molecular formula is C20H19N3O5S. The standard InChI is InChI=1S/C19H17N3O2S.CH2O3/c23-17(12-5-1-2-6-12)21-19-15(13-7-3-4-8-14(13)25-19)18-20-16(22-24-18)11-9-10-11;2-1(3)4/h3-5,7-8,11H,1-2,6,9-10H2,(H,21,23);(H2,2,3,4). The summed E-state index contributed by atoms with van der Waals surface area (Å²) in [6, 6.07) is 8.07. The fourth-order valence-electron chi connectivity index (χ4n) is 3.25. The van der Waals surface area contributed by atoms with Gasteiger partial charge < -0.3 is 20.1 Å². The van der Waals surface area contributed by atoms with Crippen molar-refractivity contribution in [3.63, 3.8) is 0 Å². The number of rotatable bonds is 4. The Balaban J connectivity index is 0.000000472. The molecule has 1 saturated carbocycles. The van der Waals surface area contributed by atoms with Crippen molar-refractivity contribution < 1.29 is 24.3 Å². The van der Waals surface area contributed by atoms with Gasteiger partial charge in [-0.3, -0.25) is 4.79 Å². The molecular weight excluding hydrogens is 394 g/mol. The zero-order valence-corrected chi connectivity index (χ0v) is 16.2. The summed E-state index contributed by atoms with van der Waals surface area (Å²) in [7, 11) is 0. The predicted molar refractivity (Wildman–Crippen MR) is 108 cm³/mol. The molecule has 8 nitrogen and oxygen atoms in total. The average molecular weight is 413 g/mol. The highest BCUT2D eigenvalue weighted by atomic mass is 32.1. The van der Waals surface area contributed by atoms with E-state index >= 15 is 0 Å². The van der Waals surface area contributed by atoms with Crippen LogP contribution in [0.2, 0.25) is 0 Å². The summed E-state index contributed by atoms with van der Waals surface area (Å²) in [5.41, 5.74) is 1.71. The predicted octanol–water partition coefficient (Wildman–Crippen LogP) is 5.10. The Hall–Kier alpha value is -3.20. The van der Waals surface area contributed by atoms with Crippen LogP contribution in [-0.4, -0.2) is 32.4 Å². The van der Waals surface area contributed by atoms with Crippen molar-refractivity contribution >= 4 is 38.5 Å². The van der Waals surface area contributed by atoms with Gasteiger partial charge in [0.05, 0.1) is 5.56 Å². The lowest BCUT2D eigenvalue weighted by atomic mass is 10.1. The van der Waals surface area contributed by atoms with Gasteiger partial charge in [-0.2, -0.15) is 4.98 Å². The third-order valence-corrected chi connectivity index (χ3v) is 5.84. The van der Waals surface area contributed by atoms with Crippen molar-refractivity contribution in [3.8, 4) is 11.5 Å². The number of anilines is 1. The number of thiophene rings is 1. The molecule has 0 spiro atoms. The van der Waals surface area contributed by atoms with E-state index in [1.54, 1.807) is 11.3 Å². The van der Waals surface area contributed by atoms with Crippen LogP contribution in [0.3, 0.4) is 0 Å². The number of carbonyl (C=O) groups excluding carboxylic acids is 1. The largest absolute Gasteiger partial charge is 0.503 e. The van der Waals surface area contributed by atoms with E-state index in [1.807, 2.05) is 30.3 Å². The highest BCUT2D eigenvalue weighted by Crippen LogP contribution is 2.44. The molecule has 5 rings (SSSR count). The molecule has 2 aliphatic rings. The van der Waals surface area contributed by atoms with Crippen LogP contribution in [-0.2, 0) is 4.79 Å². The first-order valence-electron chi connectivity index (χ1n) is 9.30. The van der Waals surface area contributed by atoms with Crippen molar-refractivity contribution in [2.24, 2.45) is 0 Å². The van der Waals surface area contributed by atoms with Crippen LogP contribution in [0, 0.1) is 0 Å². The maximum absolute atomic E-state index is 12.6. The van der Waals surface area contributed by atoms with Gasteiger partial charge in [0, 0.05) is 21.6 Å². The Labute approximate surface area is 169 Å². The molecule has 1 fully saturated rings. The molecule has 0 unspecified atom stereocenters. The van der Waals surface area contributed by atoms with E-state index in [0.717, 1.165) is 64.2 Å². The summed E-state index contributed by atoms with van der Waals surface area (Å²) in [6.07, 6.45) is 5.33. The van der Waals surface area contributed by atoms with Gasteiger partial charge in [-0.25, -0.2) is 4.79 Å². The van der Waals surface area contributed by atoms with Crippen molar-refractivity contribution in [3.05, 3.63) is 41.7 Å². The molecule has 0 bridgehead atoms. The number of carbonyl (C=O) groups is 2. The summed E-state index contributed by atoms with van der Waals surface area (Å²) in [4.78, 5) is 25.7. The van der Waals surface area contributed by atoms with Crippen LogP contribution in [0.25, 0.3) is 21.5 Å². The third-order valence-electron chi connectivity index (χ3n) is 4.75. The van der Waals surface area contributed by atoms with E-state index in [4.69, 9.17) is 19.5 Å². The number of fused-ring (bicyclic) bond motifs is 1. The van der Waals surface area contributed by atoms with Gasteiger partial charge in [-0.15, -0.1) is 11.3 Å². The van der Waals surface area contributed by atoms with Crippen molar-refractivity contribution in [2.45, 2.75) is 38.0 Å². The second kappa shape index (κ2) is 8.04. The minimum absolute atomic E-state index is 0.0211. The highest BCUT2D eigenvalue weighted by molar-refractivity contribution is 7.23. The topological polar surface area (TPSA) is 126 Å². The summed E-state index contributed by atoms with van der Waals surface area (Å²) in [6.45, 7) is 0. The number of hydrogen-bond donors (Lipinski definition) is 3. The molecule has 0 aliphatic heterocycles. The van der Waals surface area contributed by atoms with Gasteiger partial charge in [-0.05, 0) is 38.2 Å². The van der Waals surface area contributed by atoms with Gasteiger partial charge >= 0.3 is 6.16 Å². The average Bonchev–Trinajstić information content (AvgIpc) is 3.11. The SMILES string of the molecule is O=C(Nc1sc2ccccc2c1-c1nc(C2CC2)no1)C1=CCCC1.O=C(O)O. The lowest BCUT2D eigenvalue weighted by molar-refractivity contribution is -0.112. The minimum Gasteiger partial charge on any atom is -0.450 e. The van der Waals surface area contributed by atoms with Crippen molar-refractivity contribution in [2.75, 3.05) is 5.32 Å². The summed E-state index contributed by atoms with van der Waals surface area (Å²) in [5, 5.41) is 23.0. The van der Waals surface area contributed by atoms with E-state index in [-0.39, 0.29) is 5.91 Å². The minimum atomic E-state index is -1.83. The zero-order valence-electron chi connectivity index (χ0n) is 15.4. The molecule has 1 aromatic carbocycles. The van der Waals surface area contributed by atoms with Crippen LogP contribution in [0.4, 0.5) is 9.80 Å². The molecule has 0 atom stereocenters. The fourth-order valence-corrected chi connectivity index (χ4v) is 4.34. The monoisotopic (exact) mass is 413 g/mol. The molecule has 2 heterocycles. The van der Waals surface area contributed by atoms with Crippen LogP contribution in [0.5, 0.6) is 0 Å². The Morgan fingerprint density at radius 2 is 1.97 bits per heavy atom. The lowest BCUT2D eigenvalue weighted by Crippen LogP contribution is -2.12. The van der Waals surface area contributed by atoms with Gasteiger partial charge in [0.15, 0.2) is 5.82 Å². The number of nitrogens with zero attached hydrogens (tertiary/aromatic N) is 2. The van der Waals surface area contributed by atoms with E-state index in [2.05, 4.69) is 15.5 Å². The van der Waals surface area contributed by atoms with Gasteiger partial charge in [0.2, 0.25) is 0 Å². The zero-order chi connectivity index (χ0) is 20.4. The van der Waals surface area contributed by atoms with E-state index in [0.29, 0.717) is 11.8 Å². The number of carboxylic acid groups (broad SMARTS) is 2. The first-order valence-corrected chi connectivity index (χ1v) is 10.1. The van der Waals surface area contributed by atoms with Crippen molar-refractivity contribution in [1.82, 2.24) is 10.1 Å². The number of aromatic nitrogens is 2. The van der Waals surface area contributed by atoms with Crippen LogP contribution in [0.15, 0.2) is 40.4 Å². The molecule has 0 radical (unpaired) electrons. The number of amides is 1. The quantitative estimate of drug-likeness (QED) is 0.543. The van der Waals surface area contributed by atoms with Gasteiger partial charge in [-0.1, -0.05) is 29.4 Å². The third kappa shape index (κ3) is 4.29. The first-order chi connectivity index (χ1) is 14.0. The molecule has 150 valence electrons. The molecule has 3 aromatic rings. The van der Waals surface area contributed by atoms with Crippen LogP contribution in [0.1, 0.15) is 43.8 Å². The number of benzene rings is 1. The first kappa shape index (κ1) is 19.1. The molecule has 9 heteroatoms. The van der Waals surface area contributed by atoms with Gasteiger partial charge in [0.1, 0.15) is 5.00 Å². The molecule has 1 amide bonds. The Morgan fingerprint density at radius 3 is 2.66 bits per heavy atom. The normalized spacial score (nSPS) is 15.5. The van der Waals surface area contributed by atoms with Gasteiger partial charge in [0.25, 0.3) is 11.8 Å². The number of allylic oxidation sites excluding steroid dienone is 1. The molecule has 29 heavy (non-hydrogen) atoms. The summed E-state index contributed by atoms with van der Waals surface area (Å²) in [5.74, 6) is 1.69. The van der Waals surface area contributed by atoms with Crippen LogP contribution >= 0.6 is 11.3 Å². The van der Waals surface area contributed by atoms with Crippen molar-refractivity contribution in [1.29, 1.82) is 0 Å². The maximum atomic E-state index is 12.6. The van der Waals surface area contributed by atoms with E-state index in [1.165, 1.54) is 0 Å². The molecule has 3 N–H and O–H groups in total. The fraction of sp³-hybridized carbons (Fsp3) is 0.300. The number of hydrogen-bond acceptors (Lipinski definition) is 6. The van der Waals surface area contributed by atoms with E-state index < -0.39 is 6.16 Å². The second-order valence-electron chi connectivity index (χ2n) is 6.89. The highest BCUT2D eigenvalue weighted by Gasteiger charge is 2.30. The van der Waals surface area contributed by atoms with Crippen LogP contribution < -0.4 is 5.32 Å². The Kier molecular flexibility index (Phi) is 5.30. The summed E-state index contributed by atoms with van der Waals surface area (Å²) < 4.78 is 6.64. The molecule has 2 aliphatic carbocycles. The van der Waals surface area contributed by atoms with E-state index in [9.17, 15) is 4.79 Å². The maximum Gasteiger partial charge on any atom is 0.503 e. The second-order valence-corrected chi connectivity index (χ2v) is 7.94.